The molecule has 0 aliphatic carbocycles. The second kappa shape index (κ2) is 13.7. The zero-order chi connectivity index (χ0) is 31.0. The van der Waals surface area contributed by atoms with Gasteiger partial charge in [-0.15, -0.1) is 5.10 Å². The molecule has 1 heterocycles. The van der Waals surface area contributed by atoms with Gasteiger partial charge in [-0.25, -0.2) is 4.68 Å². The number of aromatic nitrogens is 3. The lowest BCUT2D eigenvalue weighted by Crippen LogP contribution is -2.00. The number of benzene rings is 6. The van der Waals surface area contributed by atoms with Crippen molar-refractivity contribution in [3.05, 3.63) is 215 Å². The topological polar surface area (TPSA) is 30.7 Å². The van der Waals surface area contributed by atoms with Crippen LogP contribution in [0.2, 0.25) is 0 Å². The molecule has 0 spiro atoms. The summed E-state index contributed by atoms with van der Waals surface area (Å²) in [7, 11) is 0. The third-order valence-corrected chi connectivity index (χ3v) is 8.02. The fourth-order valence-electron chi connectivity index (χ4n) is 5.84. The van der Waals surface area contributed by atoms with E-state index in [2.05, 4.69) is 187 Å². The Labute approximate surface area is 270 Å². The number of hydrogen-bond donors (Lipinski definition) is 0. The quantitative estimate of drug-likeness (QED) is 0.156. The standard InChI is InChI=1S/C43H33N3/c1-6-17-33(18-7-1)29-40(36-23-12-4-13-24-36)38-27-16-28-39(41(37-25-14-5-15-26-37)30-34-19-8-2-9-20-34)43(38)42-32-46(45-44-42)31-35-21-10-3-11-22-35/h1-30,32H,31H2/b40-29+,41-30+. The van der Waals surface area contributed by atoms with Crippen molar-refractivity contribution in [3.63, 3.8) is 0 Å². The minimum absolute atomic E-state index is 0.641. The highest BCUT2D eigenvalue weighted by Gasteiger charge is 2.21. The molecule has 0 radical (unpaired) electrons. The van der Waals surface area contributed by atoms with Gasteiger partial charge in [-0.3, -0.25) is 0 Å². The van der Waals surface area contributed by atoms with Gasteiger partial charge in [0.05, 0.1) is 12.7 Å². The largest absolute Gasteiger partial charge is 0.247 e. The Morgan fingerprint density at radius 3 is 1.39 bits per heavy atom. The summed E-state index contributed by atoms with van der Waals surface area (Å²) in [5.74, 6) is 0. The van der Waals surface area contributed by atoms with Gasteiger partial charge in [-0.1, -0.05) is 175 Å². The van der Waals surface area contributed by atoms with E-state index in [0.717, 1.165) is 55.8 Å². The van der Waals surface area contributed by atoms with Gasteiger partial charge in [0.2, 0.25) is 0 Å². The molecule has 0 aliphatic rings. The maximum Gasteiger partial charge on any atom is 0.114 e. The van der Waals surface area contributed by atoms with Crippen molar-refractivity contribution in [1.29, 1.82) is 0 Å². The fourth-order valence-corrected chi connectivity index (χ4v) is 5.84. The Bertz CT molecular complexity index is 1970. The fraction of sp³-hybridized carbons (Fsp3) is 0.0233. The summed E-state index contributed by atoms with van der Waals surface area (Å²) in [4.78, 5) is 0. The molecule has 220 valence electrons. The minimum Gasteiger partial charge on any atom is -0.247 e. The molecule has 7 rings (SSSR count). The van der Waals surface area contributed by atoms with E-state index < -0.39 is 0 Å². The number of nitrogens with zero attached hydrogens (tertiary/aromatic N) is 3. The Morgan fingerprint density at radius 2 is 0.913 bits per heavy atom. The number of rotatable bonds is 9. The van der Waals surface area contributed by atoms with Crippen molar-refractivity contribution in [3.8, 4) is 11.3 Å². The van der Waals surface area contributed by atoms with Crippen molar-refractivity contribution in [2.24, 2.45) is 0 Å². The van der Waals surface area contributed by atoms with Crippen molar-refractivity contribution in [2.45, 2.75) is 6.54 Å². The SMILES string of the molecule is C(=C(/c1ccccc1)c1cccc(/C(=C/c2ccccc2)c2ccccc2)c1-c1cn(Cc2ccccc2)nn1)/c1ccccc1. The number of hydrogen-bond acceptors (Lipinski definition) is 2. The van der Waals surface area contributed by atoms with Crippen LogP contribution in [0.5, 0.6) is 0 Å². The van der Waals surface area contributed by atoms with E-state index >= 15 is 0 Å². The third-order valence-electron chi connectivity index (χ3n) is 8.02. The lowest BCUT2D eigenvalue weighted by atomic mass is 9.84. The van der Waals surface area contributed by atoms with Crippen LogP contribution < -0.4 is 0 Å². The first kappa shape index (κ1) is 28.7. The molecule has 0 unspecified atom stereocenters. The summed E-state index contributed by atoms with van der Waals surface area (Å²) in [6.45, 7) is 0.641. The minimum atomic E-state index is 0.641. The van der Waals surface area contributed by atoms with Crippen molar-refractivity contribution >= 4 is 23.3 Å². The van der Waals surface area contributed by atoms with E-state index in [-0.39, 0.29) is 0 Å². The van der Waals surface area contributed by atoms with Crippen LogP contribution in [0, 0.1) is 0 Å². The van der Waals surface area contributed by atoms with Gasteiger partial charge in [-0.05, 0) is 62.2 Å². The first-order chi connectivity index (χ1) is 22.8. The Kier molecular flexibility index (Phi) is 8.55. The second-order valence-electron chi connectivity index (χ2n) is 11.2. The van der Waals surface area contributed by atoms with Crippen LogP contribution in [0.4, 0.5) is 0 Å². The highest BCUT2D eigenvalue weighted by atomic mass is 15.4. The molecule has 0 N–H and O–H groups in total. The molecule has 0 aliphatic heterocycles. The molecular formula is C43H33N3. The molecule has 6 aromatic carbocycles. The smallest absolute Gasteiger partial charge is 0.114 e. The average Bonchev–Trinajstić information content (AvgIpc) is 3.59. The summed E-state index contributed by atoms with van der Waals surface area (Å²) in [5.41, 5.74) is 12.0. The van der Waals surface area contributed by atoms with Gasteiger partial charge in [0, 0.05) is 5.56 Å². The van der Waals surface area contributed by atoms with Crippen molar-refractivity contribution in [1.82, 2.24) is 15.0 Å². The highest BCUT2D eigenvalue weighted by Crippen LogP contribution is 2.40. The molecule has 0 amide bonds. The van der Waals surface area contributed by atoms with E-state index in [1.165, 1.54) is 5.56 Å². The van der Waals surface area contributed by atoms with Crippen molar-refractivity contribution < 1.29 is 0 Å². The molecule has 0 atom stereocenters. The van der Waals surface area contributed by atoms with Crippen LogP contribution >= 0.6 is 0 Å². The van der Waals surface area contributed by atoms with Gasteiger partial charge >= 0.3 is 0 Å². The molecule has 1 aromatic heterocycles. The average molecular weight is 592 g/mol. The zero-order valence-corrected chi connectivity index (χ0v) is 25.4. The summed E-state index contributed by atoms with van der Waals surface area (Å²) in [6.07, 6.45) is 6.62. The molecular weight excluding hydrogens is 558 g/mol. The molecule has 3 nitrogen and oxygen atoms in total. The van der Waals surface area contributed by atoms with Crippen LogP contribution in [0.15, 0.2) is 176 Å². The monoisotopic (exact) mass is 591 g/mol. The Balaban J connectivity index is 1.49. The van der Waals surface area contributed by atoms with Gasteiger partial charge in [0.15, 0.2) is 0 Å². The molecule has 0 fully saturated rings. The molecule has 3 heteroatoms. The molecule has 46 heavy (non-hydrogen) atoms. The van der Waals surface area contributed by atoms with Crippen LogP contribution in [0.25, 0.3) is 34.6 Å². The van der Waals surface area contributed by atoms with Gasteiger partial charge in [-0.2, -0.15) is 0 Å². The summed E-state index contributed by atoms with van der Waals surface area (Å²) in [6, 6.07) is 59.2. The highest BCUT2D eigenvalue weighted by molar-refractivity contribution is 6.03. The van der Waals surface area contributed by atoms with E-state index in [9.17, 15) is 0 Å². The van der Waals surface area contributed by atoms with Crippen LogP contribution in [-0.2, 0) is 6.54 Å². The lowest BCUT2D eigenvalue weighted by molar-refractivity contribution is 0.650. The van der Waals surface area contributed by atoms with Crippen LogP contribution in [0.1, 0.15) is 38.9 Å². The first-order valence-corrected chi connectivity index (χ1v) is 15.5. The maximum atomic E-state index is 4.83. The van der Waals surface area contributed by atoms with Crippen LogP contribution in [-0.4, -0.2) is 15.0 Å². The molecule has 0 bridgehead atoms. The molecule has 0 saturated carbocycles. The normalized spacial score (nSPS) is 11.8. The molecule has 7 aromatic rings. The Hall–Kier alpha value is -6.06. The van der Waals surface area contributed by atoms with Gasteiger partial charge < -0.3 is 0 Å². The van der Waals surface area contributed by atoms with Crippen molar-refractivity contribution in [2.75, 3.05) is 0 Å². The predicted molar refractivity (Wildman–Crippen MR) is 191 cm³/mol. The maximum absolute atomic E-state index is 4.83. The zero-order valence-electron chi connectivity index (χ0n) is 25.4. The lowest BCUT2D eigenvalue weighted by Gasteiger charge is -2.19. The van der Waals surface area contributed by atoms with Gasteiger partial charge in [0.1, 0.15) is 5.69 Å². The van der Waals surface area contributed by atoms with Crippen LogP contribution in [0.3, 0.4) is 0 Å². The predicted octanol–water partition coefficient (Wildman–Crippen LogP) is 10.2. The summed E-state index contributed by atoms with van der Waals surface area (Å²) in [5, 5.41) is 9.46. The Morgan fingerprint density at radius 1 is 0.478 bits per heavy atom. The third kappa shape index (κ3) is 6.54. The van der Waals surface area contributed by atoms with E-state index in [1.807, 2.05) is 10.7 Å². The summed E-state index contributed by atoms with van der Waals surface area (Å²) < 4.78 is 1.93. The first-order valence-electron chi connectivity index (χ1n) is 15.5. The van der Waals surface area contributed by atoms with E-state index in [4.69, 9.17) is 5.10 Å². The van der Waals surface area contributed by atoms with E-state index in [0.29, 0.717) is 6.54 Å². The van der Waals surface area contributed by atoms with Gasteiger partial charge in [0.25, 0.3) is 0 Å². The summed E-state index contributed by atoms with van der Waals surface area (Å²) >= 11 is 0. The second-order valence-corrected chi connectivity index (χ2v) is 11.2. The molecule has 0 saturated heterocycles. The van der Waals surface area contributed by atoms with E-state index in [1.54, 1.807) is 0 Å².